The summed E-state index contributed by atoms with van der Waals surface area (Å²) in [6.07, 6.45) is 2.07. The van der Waals surface area contributed by atoms with Gasteiger partial charge < -0.3 is 4.57 Å². The molecule has 1 nitrogen and oxygen atoms in total. The number of nitrogens with zero attached hydrogens (tertiary/aromatic N) is 1. The highest BCUT2D eigenvalue weighted by Gasteiger charge is 1.92. The van der Waals surface area contributed by atoms with E-state index in [4.69, 9.17) is 0 Å². The summed E-state index contributed by atoms with van der Waals surface area (Å²) in [5.41, 5.74) is 1.29. The maximum absolute atomic E-state index is 2.12. The Balaban J connectivity index is 0.000000379. The van der Waals surface area contributed by atoms with Gasteiger partial charge in [-0.05, 0) is 17.5 Å². The van der Waals surface area contributed by atoms with E-state index in [9.17, 15) is 0 Å². The average molecular weight is 191 g/mol. The van der Waals surface area contributed by atoms with E-state index < -0.39 is 0 Å². The number of para-hydroxylation sites is 1. The molecule has 1 heteroatoms. The van der Waals surface area contributed by atoms with Gasteiger partial charge in [-0.25, -0.2) is 0 Å². The normalized spacial score (nSPS) is 8.36. The summed E-state index contributed by atoms with van der Waals surface area (Å²) in [4.78, 5) is 0. The SMILES string of the molecule is CC.CC.Cn1ccc2ccccc21. The standard InChI is InChI=1S/C9H9N.2C2H6/c1-10-7-6-8-4-2-3-5-9(8)10;2*1-2/h2-7H,1H3;2*1-2H3. The lowest BCUT2D eigenvalue weighted by Crippen LogP contribution is -1.81. The highest BCUT2D eigenvalue weighted by atomic mass is 14.9. The van der Waals surface area contributed by atoms with Crippen LogP contribution in [0.15, 0.2) is 36.5 Å². The van der Waals surface area contributed by atoms with E-state index in [-0.39, 0.29) is 0 Å². The summed E-state index contributed by atoms with van der Waals surface area (Å²) >= 11 is 0. The van der Waals surface area contributed by atoms with E-state index in [2.05, 4.69) is 48.1 Å². The first-order valence-corrected chi connectivity index (χ1v) is 5.38. The van der Waals surface area contributed by atoms with Crippen molar-refractivity contribution in [3.63, 3.8) is 0 Å². The van der Waals surface area contributed by atoms with E-state index in [1.165, 1.54) is 10.9 Å². The Hall–Kier alpha value is -1.24. The van der Waals surface area contributed by atoms with Crippen molar-refractivity contribution < 1.29 is 0 Å². The minimum Gasteiger partial charge on any atom is -0.351 e. The molecule has 0 saturated carbocycles. The van der Waals surface area contributed by atoms with Crippen molar-refractivity contribution in [1.82, 2.24) is 4.57 Å². The number of hydrogen-bond acceptors (Lipinski definition) is 0. The fourth-order valence-electron chi connectivity index (χ4n) is 1.22. The minimum absolute atomic E-state index is 1.29. The molecule has 0 aliphatic carbocycles. The predicted molar refractivity (Wildman–Crippen MR) is 65.6 cm³/mol. The second-order valence-electron chi connectivity index (χ2n) is 2.49. The van der Waals surface area contributed by atoms with Crippen LogP contribution in [-0.4, -0.2) is 4.57 Å². The van der Waals surface area contributed by atoms with Gasteiger partial charge in [0.25, 0.3) is 0 Å². The quantitative estimate of drug-likeness (QED) is 0.587. The Labute approximate surface area is 87.4 Å². The molecule has 0 N–H and O–H groups in total. The predicted octanol–water partition coefficient (Wildman–Crippen LogP) is 4.23. The minimum atomic E-state index is 1.29. The lowest BCUT2D eigenvalue weighted by atomic mass is 10.2. The van der Waals surface area contributed by atoms with Crippen molar-refractivity contribution in [1.29, 1.82) is 0 Å². The first kappa shape index (κ1) is 12.8. The second-order valence-corrected chi connectivity index (χ2v) is 2.49. The summed E-state index contributed by atoms with van der Waals surface area (Å²) in [5, 5.41) is 1.31. The van der Waals surface area contributed by atoms with Crippen LogP contribution in [0.25, 0.3) is 10.9 Å². The molecule has 0 bridgehead atoms. The third-order valence-electron chi connectivity index (χ3n) is 1.79. The van der Waals surface area contributed by atoms with Crippen LogP contribution in [0.3, 0.4) is 0 Å². The maximum Gasteiger partial charge on any atom is 0.0477 e. The zero-order chi connectivity index (χ0) is 11.0. The van der Waals surface area contributed by atoms with E-state index in [1.54, 1.807) is 0 Å². The molecular formula is C13H21N. The van der Waals surface area contributed by atoms with Gasteiger partial charge in [-0.2, -0.15) is 0 Å². The van der Waals surface area contributed by atoms with E-state index >= 15 is 0 Å². The van der Waals surface area contributed by atoms with E-state index in [0.717, 1.165) is 0 Å². The van der Waals surface area contributed by atoms with Crippen molar-refractivity contribution in [3.8, 4) is 0 Å². The number of rotatable bonds is 0. The Morgan fingerprint density at radius 1 is 0.857 bits per heavy atom. The van der Waals surface area contributed by atoms with Crippen LogP contribution in [0.4, 0.5) is 0 Å². The molecule has 0 spiro atoms. The Kier molecular flexibility index (Phi) is 6.55. The third-order valence-corrected chi connectivity index (χ3v) is 1.79. The molecular weight excluding hydrogens is 170 g/mol. The highest BCUT2D eigenvalue weighted by molar-refractivity contribution is 5.79. The maximum atomic E-state index is 2.12. The van der Waals surface area contributed by atoms with Crippen LogP contribution in [-0.2, 0) is 7.05 Å². The first-order valence-electron chi connectivity index (χ1n) is 5.38. The molecule has 0 atom stereocenters. The first-order chi connectivity index (χ1) is 6.88. The zero-order valence-corrected chi connectivity index (χ0v) is 9.91. The molecule has 1 heterocycles. The molecule has 0 unspecified atom stereocenters. The fraction of sp³-hybridized carbons (Fsp3) is 0.385. The molecule has 0 aliphatic rings. The number of hydrogen-bond donors (Lipinski definition) is 0. The van der Waals surface area contributed by atoms with Crippen molar-refractivity contribution in [2.24, 2.45) is 7.05 Å². The molecule has 2 aromatic rings. The molecule has 0 radical (unpaired) electrons. The van der Waals surface area contributed by atoms with Gasteiger partial charge in [-0.15, -0.1) is 0 Å². The van der Waals surface area contributed by atoms with Gasteiger partial charge in [0.2, 0.25) is 0 Å². The Morgan fingerprint density at radius 2 is 1.43 bits per heavy atom. The van der Waals surface area contributed by atoms with Gasteiger partial charge in [-0.1, -0.05) is 45.9 Å². The topological polar surface area (TPSA) is 4.93 Å². The summed E-state index contributed by atoms with van der Waals surface area (Å²) < 4.78 is 2.12. The number of aromatic nitrogens is 1. The lowest BCUT2D eigenvalue weighted by Gasteiger charge is -1.92. The van der Waals surface area contributed by atoms with Gasteiger partial charge in [-0.3, -0.25) is 0 Å². The largest absolute Gasteiger partial charge is 0.351 e. The molecule has 1 aromatic carbocycles. The van der Waals surface area contributed by atoms with Crippen LogP contribution in [0.2, 0.25) is 0 Å². The summed E-state index contributed by atoms with van der Waals surface area (Å²) in [7, 11) is 2.06. The van der Waals surface area contributed by atoms with Crippen molar-refractivity contribution in [2.75, 3.05) is 0 Å². The van der Waals surface area contributed by atoms with Crippen LogP contribution in [0, 0.1) is 0 Å². The van der Waals surface area contributed by atoms with Crippen LogP contribution >= 0.6 is 0 Å². The van der Waals surface area contributed by atoms with E-state index in [1.807, 2.05) is 27.7 Å². The van der Waals surface area contributed by atoms with Gasteiger partial charge in [0.05, 0.1) is 0 Å². The fourth-order valence-corrected chi connectivity index (χ4v) is 1.22. The van der Waals surface area contributed by atoms with Gasteiger partial charge in [0.15, 0.2) is 0 Å². The smallest absolute Gasteiger partial charge is 0.0477 e. The highest BCUT2D eigenvalue weighted by Crippen LogP contribution is 2.12. The summed E-state index contributed by atoms with van der Waals surface area (Å²) in [6.45, 7) is 8.00. The average Bonchev–Trinajstić information content (AvgIpc) is 2.67. The number of benzene rings is 1. The van der Waals surface area contributed by atoms with Crippen LogP contribution < -0.4 is 0 Å². The molecule has 1 aromatic heterocycles. The molecule has 0 aliphatic heterocycles. The molecule has 78 valence electrons. The molecule has 0 amide bonds. The monoisotopic (exact) mass is 191 g/mol. The van der Waals surface area contributed by atoms with Gasteiger partial charge in [0.1, 0.15) is 0 Å². The van der Waals surface area contributed by atoms with Crippen LogP contribution in [0.1, 0.15) is 27.7 Å². The summed E-state index contributed by atoms with van der Waals surface area (Å²) in [6, 6.07) is 10.5. The molecule has 2 rings (SSSR count). The van der Waals surface area contributed by atoms with Crippen molar-refractivity contribution in [3.05, 3.63) is 36.5 Å². The number of fused-ring (bicyclic) bond motifs is 1. The van der Waals surface area contributed by atoms with E-state index in [0.29, 0.717) is 0 Å². The lowest BCUT2D eigenvalue weighted by molar-refractivity contribution is 0.969. The second kappa shape index (κ2) is 7.19. The Morgan fingerprint density at radius 3 is 2.00 bits per heavy atom. The van der Waals surface area contributed by atoms with Gasteiger partial charge in [0, 0.05) is 18.8 Å². The zero-order valence-electron chi connectivity index (χ0n) is 9.91. The van der Waals surface area contributed by atoms with Gasteiger partial charge >= 0.3 is 0 Å². The molecule has 14 heavy (non-hydrogen) atoms. The van der Waals surface area contributed by atoms with Crippen molar-refractivity contribution in [2.45, 2.75) is 27.7 Å². The van der Waals surface area contributed by atoms with Crippen LogP contribution in [0.5, 0.6) is 0 Å². The Bertz CT molecular complexity index is 347. The van der Waals surface area contributed by atoms with Crippen molar-refractivity contribution >= 4 is 10.9 Å². The molecule has 0 fully saturated rings. The third kappa shape index (κ3) is 2.91. The summed E-state index contributed by atoms with van der Waals surface area (Å²) in [5.74, 6) is 0. The molecule has 0 saturated heterocycles. The number of aryl methyl sites for hydroxylation is 1.